The Hall–Kier alpha value is -0.690. The molecule has 118 valence electrons. The van der Waals surface area contributed by atoms with Gasteiger partial charge in [0, 0.05) is 32.7 Å². The fourth-order valence-electron chi connectivity index (χ4n) is 2.53. The zero-order valence-electron chi connectivity index (χ0n) is 12.7. The molecule has 1 aliphatic rings. The Bertz CT molecular complexity index is 250. The zero-order valence-corrected chi connectivity index (χ0v) is 12.7. The number of nitrogens with zero attached hydrogens (tertiary/aromatic N) is 1. The molecular weight excluding hydrogens is 256 g/mol. The molecule has 0 radical (unpaired) electrons. The van der Waals surface area contributed by atoms with Gasteiger partial charge >= 0.3 is 5.97 Å². The first-order chi connectivity index (χ1) is 9.75. The summed E-state index contributed by atoms with van der Waals surface area (Å²) in [5, 5.41) is 19.5. The van der Waals surface area contributed by atoms with Crippen LogP contribution < -0.4 is 16.0 Å². The van der Waals surface area contributed by atoms with Gasteiger partial charge in [0.25, 0.3) is 0 Å². The van der Waals surface area contributed by atoms with Crippen molar-refractivity contribution in [2.45, 2.75) is 32.2 Å². The molecule has 0 aromatic carbocycles. The summed E-state index contributed by atoms with van der Waals surface area (Å²) in [5.41, 5.74) is 0. The lowest BCUT2D eigenvalue weighted by molar-refractivity contribution is -0.143. The van der Waals surface area contributed by atoms with E-state index in [0.29, 0.717) is 6.42 Å². The lowest BCUT2D eigenvalue weighted by atomic mass is 10.1. The van der Waals surface area contributed by atoms with E-state index >= 15 is 0 Å². The molecule has 6 nitrogen and oxygen atoms in total. The maximum atomic E-state index is 11.3. The number of carboxylic acid groups (broad SMARTS) is 1. The van der Waals surface area contributed by atoms with Crippen molar-refractivity contribution in [1.29, 1.82) is 0 Å². The Morgan fingerprint density at radius 1 is 1.00 bits per heavy atom. The van der Waals surface area contributed by atoms with Gasteiger partial charge in [0.05, 0.1) is 0 Å². The van der Waals surface area contributed by atoms with Crippen LogP contribution in [0.25, 0.3) is 0 Å². The highest BCUT2D eigenvalue weighted by molar-refractivity contribution is 5.73. The van der Waals surface area contributed by atoms with Crippen LogP contribution in [0.3, 0.4) is 0 Å². The molecule has 0 amide bonds. The number of aliphatic carboxylic acids is 1. The molecule has 1 heterocycles. The molecule has 1 rings (SSSR count). The number of hydrogen-bond donors (Lipinski definition) is 4. The fourth-order valence-corrected chi connectivity index (χ4v) is 2.53. The second-order valence-electron chi connectivity index (χ2n) is 5.26. The second-order valence-corrected chi connectivity index (χ2v) is 5.26. The SMILES string of the molecule is CCC(C(=O)O)N1CCCNCCNCCCNCC1. The maximum absolute atomic E-state index is 11.3. The van der Waals surface area contributed by atoms with E-state index in [1.807, 2.05) is 6.92 Å². The molecule has 1 unspecified atom stereocenters. The molecule has 0 saturated carbocycles. The van der Waals surface area contributed by atoms with Crippen molar-refractivity contribution >= 4 is 5.97 Å². The zero-order chi connectivity index (χ0) is 14.6. The number of hydrogen-bond acceptors (Lipinski definition) is 5. The monoisotopic (exact) mass is 286 g/mol. The Morgan fingerprint density at radius 2 is 1.60 bits per heavy atom. The highest BCUT2D eigenvalue weighted by Gasteiger charge is 2.22. The van der Waals surface area contributed by atoms with E-state index in [4.69, 9.17) is 0 Å². The lowest BCUT2D eigenvalue weighted by Crippen LogP contribution is -2.45. The van der Waals surface area contributed by atoms with Crippen molar-refractivity contribution in [3.63, 3.8) is 0 Å². The van der Waals surface area contributed by atoms with Gasteiger partial charge in [0.15, 0.2) is 0 Å². The maximum Gasteiger partial charge on any atom is 0.320 e. The Kier molecular flexibility index (Phi) is 9.57. The number of carbonyl (C=O) groups is 1. The number of rotatable bonds is 3. The third-order valence-electron chi connectivity index (χ3n) is 3.67. The molecule has 1 aliphatic heterocycles. The van der Waals surface area contributed by atoms with Crippen molar-refractivity contribution in [2.24, 2.45) is 0 Å². The van der Waals surface area contributed by atoms with E-state index in [9.17, 15) is 9.90 Å². The largest absolute Gasteiger partial charge is 0.480 e. The summed E-state index contributed by atoms with van der Waals surface area (Å²) in [4.78, 5) is 13.4. The summed E-state index contributed by atoms with van der Waals surface area (Å²) < 4.78 is 0. The quantitative estimate of drug-likeness (QED) is 0.571. The Labute approximate surface area is 122 Å². The van der Waals surface area contributed by atoms with Crippen LogP contribution in [0, 0.1) is 0 Å². The van der Waals surface area contributed by atoms with Gasteiger partial charge in [-0.2, -0.15) is 0 Å². The molecule has 6 heteroatoms. The first-order valence-electron chi connectivity index (χ1n) is 7.84. The minimum Gasteiger partial charge on any atom is -0.480 e. The third-order valence-corrected chi connectivity index (χ3v) is 3.67. The van der Waals surface area contributed by atoms with Crippen LogP contribution in [0.4, 0.5) is 0 Å². The summed E-state index contributed by atoms with van der Waals surface area (Å²) in [6, 6.07) is -0.355. The molecule has 1 fully saturated rings. The van der Waals surface area contributed by atoms with E-state index < -0.39 is 5.97 Å². The van der Waals surface area contributed by atoms with Gasteiger partial charge in [-0.1, -0.05) is 6.92 Å². The van der Waals surface area contributed by atoms with Crippen molar-refractivity contribution in [3.8, 4) is 0 Å². The molecule has 0 spiro atoms. The summed E-state index contributed by atoms with van der Waals surface area (Å²) in [5.74, 6) is -0.703. The van der Waals surface area contributed by atoms with Gasteiger partial charge in [0.2, 0.25) is 0 Å². The van der Waals surface area contributed by atoms with Gasteiger partial charge in [-0.15, -0.1) is 0 Å². The highest BCUT2D eigenvalue weighted by Crippen LogP contribution is 2.05. The van der Waals surface area contributed by atoms with Crippen LogP contribution >= 0.6 is 0 Å². The lowest BCUT2D eigenvalue weighted by Gasteiger charge is -2.28. The second kappa shape index (κ2) is 11.0. The molecule has 0 bridgehead atoms. The molecule has 1 saturated heterocycles. The number of carboxylic acids is 1. The average Bonchev–Trinajstić information content (AvgIpc) is 2.43. The van der Waals surface area contributed by atoms with Crippen molar-refractivity contribution < 1.29 is 9.90 Å². The van der Waals surface area contributed by atoms with Crippen LogP contribution in [-0.2, 0) is 4.79 Å². The standard InChI is InChI=1S/C14H30N4O2/c1-2-13(14(19)20)18-11-4-7-16-9-8-15-5-3-6-17-10-12-18/h13,15-17H,2-12H2,1H3,(H,19,20). The number of nitrogens with one attached hydrogen (secondary N) is 3. The Balaban J connectivity index is 2.45. The van der Waals surface area contributed by atoms with E-state index in [1.165, 1.54) is 0 Å². The predicted octanol–water partition coefficient (Wildman–Crippen LogP) is -0.286. The van der Waals surface area contributed by atoms with Gasteiger partial charge < -0.3 is 21.1 Å². The molecule has 0 aromatic rings. The normalized spacial score (nSPS) is 22.9. The summed E-state index contributed by atoms with van der Waals surface area (Å²) in [6.07, 6.45) is 2.76. The van der Waals surface area contributed by atoms with E-state index in [0.717, 1.165) is 65.2 Å². The molecule has 0 aromatic heterocycles. The van der Waals surface area contributed by atoms with Crippen molar-refractivity contribution in [3.05, 3.63) is 0 Å². The summed E-state index contributed by atoms with van der Waals surface area (Å²) in [6.45, 7) is 9.38. The van der Waals surface area contributed by atoms with Gasteiger partial charge in [-0.3, -0.25) is 9.69 Å². The van der Waals surface area contributed by atoms with E-state index in [-0.39, 0.29) is 6.04 Å². The smallest absolute Gasteiger partial charge is 0.320 e. The highest BCUT2D eigenvalue weighted by atomic mass is 16.4. The van der Waals surface area contributed by atoms with Crippen LogP contribution in [-0.4, -0.2) is 74.4 Å². The average molecular weight is 286 g/mol. The fraction of sp³-hybridized carbons (Fsp3) is 0.929. The van der Waals surface area contributed by atoms with Crippen LogP contribution in [0.15, 0.2) is 0 Å². The molecule has 20 heavy (non-hydrogen) atoms. The first kappa shape index (κ1) is 17.4. The van der Waals surface area contributed by atoms with Gasteiger partial charge in [-0.05, 0) is 38.9 Å². The van der Waals surface area contributed by atoms with Crippen molar-refractivity contribution in [2.75, 3.05) is 52.4 Å². The minimum atomic E-state index is -0.703. The van der Waals surface area contributed by atoms with Crippen molar-refractivity contribution in [1.82, 2.24) is 20.9 Å². The van der Waals surface area contributed by atoms with Crippen LogP contribution in [0.5, 0.6) is 0 Å². The Morgan fingerprint density at radius 3 is 2.20 bits per heavy atom. The van der Waals surface area contributed by atoms with Gasteiger partial charge in [-0.25, -0.2) is 0 Å². The summed E-state index contributed by atoms with van der Waals surface area (Å²) in [7, 11) is 0. The van der Waals surface area contributed by atoms with Gasteiger partial charge in [0.1, 0.15) is 6.04 Å². The molecule has 0 aliphatic carbocycles. The van der Waals surface area contributed by atoms with E-state index in [1.54, 1.807) is 0 Å². The summed E-state index contributed by atoms with van der Waals surface area (Å²) >= 11 is 0. The van der Waals surface area contributed by atoms with Crippen LogP contribution in [0.2, 0.25) is 0 Å². The predicted molar refractivity (Wildman–Crippen MR) is 81.1 cm³/mol. The minimum absolute atomic E-state index is 0.355. The van der Waals surface area contributed by atoms with Crippen LogP contribution in [0.1, 0.15) is 26.2 Å². The molecular formula is C14H30N4O2. The molecule has 4 N–H and O–H groups in total. The third kappa shape index (κ3) is 7.19. The first-order valence-corrected chi connectivity index (χ1v) is 7.84. The molecule has 1 atom stereocenters. The van der Waals surface area contributed by atoms with E-state index in [2.05, 4.69) is 20.9 Å². The topological polar surface area (TPSA) is 76.6 Å².